The molecule has 2 nitrogen and oxygen atoms in total. The van der Waals surface area contributed by atoms with E-state index in [1.807, 2.05) is 14.0 Å². The second-order valence-electron chi connectivity index (χ2n) is 3.93. The van der Waals surface area contributed by atoms with Crippen LogP contribution in [0.5, 0.6) is 0 Å². The van der Waals surface area contributed by atoms with Crippen molar-refractivity contribution >= 4 is 11.3 Å². The first-order valence-corrected chi connectivity index (χ1v) is 5.83. The number of aliphatic hydroxyl groups is 1. The summed E-state index contributed by atoms with van der Waals surface area (Å²) in [7, 11) is 1.86. The molecule has 0 spiro atoms. The third kappa shape index (κ3) is 3.40. The Labute approximate surface area is 90.0 Å². The molecule has 0 radical (unpaired) electrons. The van der Waals surface area contributed by atoms with E-state index in [2.05, 4.69) is 24.4 Å². The number of thiophene rings is 1. The molecule has 80 valence electrons. The molecule has 1 unspecified atom stereocenters. The zero-order valence-electron chi connectivity index (χ0n) is 9.13. The van der Waals surface area contributed by atoms with Gasteiger partial charge in [-0.05, 0) is 32.5 Å². The summed E-state index contributed by atoms with van der Waals surface area (Å²) in [6.45, 7) is 4.66. The van der Waals surface area contributed by atoms with Crippen LogP contribution in [-0.2, 0) is 12.8 Å². The Morgan fingerprint density at radius 2 is 2.07 bits per heavy atom. The number of hydrogen-bond acceptors (Lipinski definition) is 3. The van der Waals surface area contributed by atoms with E-state index in [4.69, 9.17) is 0 Å². The Balaban J connectivity index is 2.58. The van der Waals surface area contributed by atoms with Gasteiger partial charge in [0.15, 0.2) is 0 Å². The van der Waals surface area contributed by atoms with E-state index in [0.29, 0.717) is 6.54 Å². The van der Waals surface area contributed by atoms with Crippen molar-refractivity contribution in [3.63, 3.8) is 0 Å². The van der Waals surface area contributed by atoms with E-state index in [9.17, 15) is 5.11 Å². The smallest absolute Gasteiger partial charge is 0.0791 e. The second kappa shape index (κ2) is 4.91. The van der Waals surface area contributed by atoms with E-state index in [-0.39, 0.29) is 0 Å². The summed E-state index contributed by atoms with van der Waals surface area (Å²) in [5.74, 6) is 0. The number of hydrogen-bond donors (Lipinski definition) is 2. The molecular weight excluding hydrogens is 194 g/mol. The highest BCUT2D eigenvalue weighted by Crippen LogP contribution is 2.21. The molecule has 1 aromatic rings. The van der Waals surface area contributed by atoms with Gasteiger partial charge in [-0.25, -0.2) is 0 Å². The van der Waals surface area contributed by atoms with Gasteiger partial charge in [-0.15, -0.1) is 11.3 Å². The van der Waals surface area contributed by atoms with Crippen LogP contribution in [0.2, 0.25) is 0 Å². The molecule has 2 N–H and O–H groups in total. The highest BCUT2D eigenvalue weighted by molar-refractivity contribution is 7.12. The fourth-order valence-corrected chi connectivity index (χ4v) is 2.66. The minimum absolute atomic E-state index is 0.631. The quantitative estimate of drug-likeness (QED) is 0.782. The Bertz CT molecular complexity index is 281. The van der Waals surface area contributed by atoms with Crippen LogP contribution in [0.4, 0.5) is 0 Å². The lowest BCUT2D eigenvalue weighted by Crippen LogP contribution is -2.37. The summed E-state index contributed by atoms with van der Waals surface area (Å²) < 4.78 is 0. The molecule has 0 aliphatic carbocycles. The fraction of sp³-hybridized carbons (Fsp3) is 0.636. The summed E-state index contributed by atoms with van der Waals surface area (Å²) in [5, 5.41) is 13.0. The van der Waals surface area contributed by atoms with Gasteiger partial charge in [0, 0.05) is 22.7 Å². The van der Waals surface area contributed by atoms with Crippen molar-refractivity contribution in [1.29, 1.82) is 0 Å². The third-order valence-electron chi connectivity index (χ3n) is 2.18. The van der Waals surface area contributed by atoms with E-state index >= 15 is 0 Å². The van der Waals surface area contributed by atoms with Gasteiger partial charge in [0.25, 0.3) is 0 Å². The average Bonchev–Trinajstić information content (AvgIpc) is 2.51. The largest absolute Gasteiger partial charge is 0.388 e. The first-order valence-electron chi connectivity index (χ1n) is 5.02. The summed E-state index contributed by atoms with van der Waals surface area (Å²) in [5.41, 5.74) is -0.634. The third-order valence-corrected chi connectivity index (χ3v) is 3.41. The zero-order valence-corrected chi connectivity index (χ0v) is 9.95. The molecule has 14 heavy (non-hydrogen) atoms. The zero-order chi connectivity index (χ0) is 10.6. The van der Waals surface area contributed by atoms with Crippen molar-refractivity contribution in [2.75, 3.05) is 13.6 Å². The van der Waals surface area contributed by atoms with E-state index in [1.54, 1.807) is 11.3 Å². The lowest BCUT2D eigenvalue weighted by atomic mass is 10.0. The Hall–Kier alpha value is -0.380. The SMILES string of the molecule is CCc1ccc(CC(C)(O)CNC)s1. The van der Waals surface area contributed by atoms with Crippen LogP contribution >= 0.6 is 11.3 Å². The maximum absolute atomic E-state index is 9.99. The Morgan fingerprint density at radius 3 is 2.57 bits per heavy atom. The number of aryl methyl sites for hydroxylation is 1. The van der Waals surface area contributed by atoms with Crippen LogP contribution in [0.3, 0.4) is 0 Å². The summed E-state index contributed by atoms with van der Waals surface area (Å²) in [6.07, 6.45) is 1.82. The molecule has 0 saturated carbocycles. The van der Waals surface area contributed by atoms with Crippen molar-refractivity contribution in [2.24, 2.45) is 0 Å². The number of rotatable bonds is 5. The van der Waals surface area contributed by atoms with Crippen molar-refractivity contribution in [3.8, 4) is 0 Å². The Kier molecular flexibility index (Phi) is 4.11. The summed E-state index contributed by atoms with van der Waals surface area (Å²) >= 11 is 1.80. The van der Waals surface area contributed by atoms with Crippen molar-refractivity contribution < 1.29 is 5.11 Å². The molecule has 0 amide bonds. The first kappa shape index (κ1) is 11.7. The number of likely N-dealkylation sites (N-methyl/N-ethyl adjacent to an activating group) is 1. The van der Waals surface area contributed by atoms with Crippen molar-refractivity contribution in [2.45, 2.75) is 32.3 Å². The maximum Gasteiger partial charge on any atom is 0.0791 e. The van der Waals surface area contributed by atoms with E-state index in [0.717, 1.165) is 12.8 Å². The maximum atomic E-state index is 9.99. The normalized spacial score (nSPS) is 15.4. The molecule has 0 fully saturated rings. The molecular formula is C11H19NOS. The van der Waals surface area contributed by atoms with Gasteiger partial charge >= 0.3 is 0 Å². The van der Waals surface area contributed by atoms with Crippen molar-refractivity contribution in [1.82, 2.24) is 5.32 Å². The first-order chi connectivity index (χ1) is 6.57. The average molecular weight is 213 g/mol. The molecule has 0 aliphatic heterocycles. The fourth-order valence-electron chi connectivity index (χ4n) is 1.53. The van der Waals surface area contributed by atoms with Gasteiger partial charge in [0.1, 0.15) is 0 Å². The molecule has 0 saturated heterocycles. The van der Waals surface area contributed by atoms with Crippen LogP contribution in [-0.4, -0.2) is 24.3 Å². The van der Waals surface area contributed by atoms with Gasteiger partial charge < -0.3 is 10.4 Å². The molecule has 0 aromatic carbocycles. The highest BCUT2D eigenvalue weighted by atomic mass is 32.1. The van der Waals surface area contributed by atoms with Crippen LogP contribution < -0.4 is 5.32 Å². The van der Waals surface area contributed by atoms with Crippen molar-refractivity contribution in [3.05, 3.63) is 21.9 Å². The lowest BCUT2D eigenvalue weighted by Gasteiger charge is -2.21. The molecule has 1 aromatic heterocycles. The second-order valence-corrected chi connectivity index (χ2v) is 5.18. The van der Waals surface area contributed by atoms with Crippen LogP contribution in [0.25, 0.3) is 0 Å². The van der Waals surface area contributed by atoms with Gasteiger partial charge in [0.2, 0.25) is 0 Å². The molecule has 1 rings (SSSR count). The van der Waals surface area contributed by atoms with Crippen LogP contribution in [0, 0.1) is 0 Å². The lowest BCUT2D eigenvalue weighted by molar-refractivity contribution is 0.0631. The molecule has 1 heterocycles. The predicted octanol–water partition coefficient (Wildman–Crippen LogP) is 1.82. The Morgan fingerprint density at radius 1 is 1.43 bits per heavy atom. The van der Waals surface area contributed by atoms with E-state index in [1.165, 1.54) is 9.75 Å². The van der Waals surface area contributed by atoms with Crippen LogP contribution in [0.15, 0.2) is 12.1 Å². The molecule has 0 aliphatic rings. The topological polar surface area (TPSA) is 32.3 Å². The summed E-state index contributed by atoms with van der Waals surface area (Å²) in [4.78, 5) is 2.65. The molecule has 0 bridgehead atoms. The molecule has 1 atom stereocenters. The minimum atomic E-state index is -0.634. The van der Waals surface area contributed by atoms with Gasteiger partial charge in [0.05, 0.1) is 5.60 Å². The highest BCUT2D eigenvalue weighted by Gasteiger charge is 2.20. The van der Waals surface area contributed by atoms with Crippen LogP contribution in [0.1, 0.15) is 23.6 Å². The van der Waals surface area contributed by atoms with Gasteiger partial charge in [-0.2, -0.15) is 0 Å². The van der Waals surface area contributed by atoms with Gasteiger partial charge in [-0.1, -0.05) is 6.92 Å². The monoisotopic (exact) mass is 213 g/mol. The van der Waals surface area contributed by atoms with E-state index < -0.39 is 5.60 Å². The van der Waals surface area contributed by atoms with Gasteiger partial charge in [-0.3, -0.25) is 0 Å². The molecule has 3 heteroatoms. The minimum Gasteiger partial charge on any atom is -0.388 e. The summed E-state index contributed by atoms with van der Waals surface area (Å²) in [6, 6.07) is 4.27. The number of nitrogens with one attached hydrogen (secondary N) is 1. The predicted molar refractivity (Wildman–Crippen MR) is 62.0 cm³/mol. The standard InChI is InChI=1S/C11H19NOS/c1-4-9-5-6-10(14-9)7-11(2,13)8-12-3/h5-6,12-13H,4,7-8H2,1-3H3.